The molecule has 0 unspecified atom stereocenters. The Hall–Kier alpha value is -2.93. The molecule has 4 aromatic rings. The van der Waals surface area contributed by atoms with Crippen molar-refractivity contribution in [3.05, 3.63) is 54.1 Å². The fourth-order valence-corrected chi connectivity index (χ4v) is 4.26. The van der Waals surface area contributed by atoms with Gasteiger partial charge in [0, 0.05) is 38.8 Å². The number of anilines is 1. The van der Waals surface area contributed by atoms with Gasteiger partial charge in [-0.3, -0.25) is 4.90 Å². The van der Waals surface area contributed by atoms with Crippen molar-refractivity contribution in [1.82, 2.24) is 24.4 Å². The number of rotatable bonds is 4. The van der Waals surface area contributed by atoms with Crippen molar-refractivity contribution in [2.75, 3.05) is 31.1 Å². The lowest BCUT2D eigenvalue weighted by Gasteiger charge is -2.21. The Morgan fingerprint density at radius 1 is 1.00 bits per heavy atom. The molecule has 6 nitrogen and oxygen atoms in total. The Kier molecular flexibility index (Phi) is 4.67. The zero-order valence-electron chi connectivity index (χ0n) is 16.6. The van der Waals surface area contributed by atoms with Gasteiger partial charge in [-0.15, -0.1) is 0 Å². The van der Waals surface area contributed by atoms with Crippen LogP contribution in [0.25, 0.3) is 22.1 Å². The van der Waals surface area contributed by atoms with Gasteiger partial charge in [0.25, 0.3) is 0 Å². The Bertz CT molecular complexity index is 1110. The quantitative estimate of drug-likeness (QED) is 0.574. The Labute approximate surface area is 169 Å². The first-order valence-corrected chi connectivity index (χ1v) is 10.3. The first-order valence-electron chi connectivity index (χ1n) is 10.3. The highest BCUT2D eigenvalue weighted by Gasteiger charge is 2.20. The molecule has 0 saturated carbocycles. The molecule has 2 aromatic heterocycles. The molecule has 0 radical (unpaired) electrons. The van der Waals surface area contributed by atoms with E-state index in [1.165, 1.54) is 12.1 Å². The second-order valence-electron chi connectivity index (χ2n) is 7.60. The smallest absolute Gasteiger partial charge is 0.203 e. The van der Waals surface area contributed by atoms with Gasteiger partial charge in [-0.05, 0) is 37.6 Å². The normalized spacial score (nSPS) is 16.0. The topological polar surface area (TPSA) is 53.0 Å². The third-order valence-corrected chi connectivity index (χ3v) is 5.74. The minimum Gasteiger partial charge on any atom is -0.341 e. The lowest BCUT2D eigenvalue weighted by molar-refractivity contribution is 0.274. The largest absolute Gasteiger partial charge is 0.341 e. The van der Waals surface area contributed by atoms with Gasteiger partial charge in [0.1, 0.15) is 11.6 Å². The van der Waals surface area contributed by atoms with Crippen molar-refractivity contribution in [2.24, 2.45) is 0 Å². The number of benzene rings is 2. The maximum absolute atomic E-state index is 13.6. The molecule has 1 N–H and O–H groups in total. The molecule has 1 aliphatic rings. The van der Waals surface area contributed by atoms with Gasteiger partial charge in [0.15, 0.2) is 0 Å². The van der Waals surface area contributed by atoms with Gasteiger partial charge >= 0.3 is 0 Å². The molecule has 0 aliphatic carbocycles. The maximum Gasteiger partial charge on any atom is 0.203 e. The summed E-state index contributed by atoms with van der Waals surface area (Å²) in [6, 6.07) is 13.0. The first kappa shape index (κ1) is 18.1. The molecule has 1 fully saturated rings. The predicted molar refractivity (Wildman–Crippen MR) is 114 cm³/mol. The molecule has 1 saturated heterocycles. The third-order valence-electron chi connectivity index (χ3n) is 5.74. The average Bonchev–Trinajstić information content (AvgIpc) is 3.21. The number of H-pyrrole nitrogens is 1. The van der Waals surface area contributed by atoms with Crippen LogP contribution in [0, 0.1) is 5.82 Å². The third kappa shape index (κ3) is 3.46. The van der Waals surface area contributed by atoms with E-state index in [-0.39, 0.29) is 5.82 Å². The van der Waals surface area contributed by atoms with Gasteiger partial charge in [-0.25, -0.2) is 14.4 Å². The number of imidazole rings is 2. The second kappa shape index (κ2) is 7.48. The van der Waals surface area contributed by atoms with E-state index < -0.39 is 0 Å². The number of nitrogens with zero attached hydrogens (tertiary/aromatic N) is 5. The van der Waals surface area contributed by atoms with Gasteiger partial charge in [-0.2, -0.15) is 0 Å². The lowest BCUT2D eigenvalue weighted by Crippen LogP contribution is -2.31. The zero-order chi connectivity index (χ0) is 19.8. The molecule has 3 heterocycles. The van der Waals surface area contributed by atoms with E-state index in [2.05, 4.69) is 32.3 Å². The molecule has 5 rings (SSSR count). The van der Waals surface area contributed by atoms with E-state index in [9.17, 15) is 4.39 Å². The minimum atomic E-state index is -0.235. The number of aromatic amines is 1. The molecule has 1 aliphatic heterocycles. The molecule has 0 bridgehead atoms. The monoisotopic (exact) mass is 392 g/mol. The van der Waals surface area contributed by atoms with E-state index in [4.69, 9.17) is 9.97 Å². The summed E-state index contributed by atoms with van der Waals surface area (Å²) in [7, 11) is 0. The van der Waals surface area contributed by atoms with E-state index in [0.29, 0.717) is 0 Å². The SMILES string of the molecule is CCn1c(CN2CCCN(c3nc4ccccc4[nH]3)CC2)nc2cc(F)ccc21. The molecule has 2 aromatic carbocycles. The van der Waals surface area contributed by atoms with Crippen molar-refractivity contribution in [1.29, 1.82) is 0 Å². The van der Waals surface area contributed by atoms with Crippen molar-refractivity contribution in [3.8, 4) is 0 Å². The number of halogens is 1. The summed E-state index contributed by atoms with van der Waals surface area (Å²) >= 11 is 0. The van der Waals surface area contributed by atoms with Crippen LogP contribution in [0.4, 0.5) is 10.3 Å². The molecule has 0 atom stereocenters. The minimum absolute atomic E-state index is 0.235. The Morgan fingerprint density at radius 3 is 2.76 bits per heavy atom. The molecule has 0 spiro atoms. The van der Waals surface area contributed by atoms with E-state index in [0.717, 1.165) is 79.5 Å². The fraction of sp³-hybridized carbons (Fsp3) is 0.364. The first-order chi connectivity index (χ1) is 14.2. The van der Waals surface area contributed by atoms with Crippen LogP contribution in [-0.4, -0.2) is 50.6 Å². The average molecular weight is 392 g/mol. The number of hydrogen-bond acceptors (Lipinski definition) is 4. The van der Waals surface area contributed by atoms with Crippen LogP contribution in [0.3, 0.4) is 0 Å². The van der Waals surface area contributed by atoms with Gasteiger partial charge in [0.2, 0.25) is 5.95 Å². The highest BCUT2D eigenvalue weighted by atomic mass is 19.1. The predicted octanol–water partition coefficient (Wildman–Crippen LogP) is 3.78. The van der Waals surface area contributed by atoms with Gasteiger partial charge < -0.3 is 14.5 Å². The van der Waals surface area contributed by atoms with Crippen LogP contribution in [-0.2, 0) is 13.1 Å². The van der Waals surface area contributed by atoms with Gasteiger partial charge in [0.05, 0.1) is 28.6 Å². The Balaban J connectivity index is 1.33. The number of nitrogens with one attached hydrogen (secondary N) is 1. The van der Waals surface area contributed by atoms with Crippen molar-refractivity contribution < 1.29 is 4.39 Å². The van der Waals surface area contributed by atoms with E-state index >= 15 is 0 Å². The van der Waals surface area contributed by atoms with Crippen LogP contribution in [0.5, 0.6) is 0 Å². The summed E-state index contributed by atoms with van der Waals surface area (Å²) in [5.74, 6) is 1.72. The summed E-state index contributed by atoms with van der Waals surface area (Å²) < 4.78 is 15.8. The molecule has 0 amide bonds. The number of aromatic nitrogens is 4. The summed E-state index contributed by atoms with van der Waals surface area (Å²) in [6.45, 7) is 7.57. The van der Waals surface area contributed by atoms with Crippen LogP contribution in [0.2, 0.25) is 0 Å². The summed E-state index contributed by atoms with van der Waals surface area (Å²) in [5.41, 5.74) is 3.82. The summed E-state index contributed by atoms with van der Waals surface area (Å²) in [6.07, 6.45) is 1.07. The molecular weight excluding hydrogens is 367 g/mol. The van der Waals surface area contributed by atoms with Crippen molar-refractivity contribution in [3.63, 3.8) is 0 Å². The number of hydrogen-bond donors (Lipinski definition) is 1. The zero-order valence-corrected chi connectivity index (χ0v) is 16.6. The molecule has 150 valence electrons. The summed E-state index contributed by atoms with van der Waals surface area (Å²) in [4.78, 5) is 17.7. The van der Waals surface area contributed by atoms with Gasteiger partial charge in [-0.1, -0.05) is 12.1 Å². The Morgan fingerprint density at radius 2 is 1.90 bits per heavy atom. The highest BCUT2D eigenvalue weighted by molar-refractivity contribution is 5.77. The number of para-hydroxylation sites is 2. The second-order valence-corrected chi connectivity index (χ2v) is 7.60. The van der Waals surface area contributed by atoms with Crippen LogP contribution in [0.15, 0.2) is 42.5 Å². The van der Waals surface area contributed by atoms with Crippen LogP contribution >= 0.6 is 0 Å². The highest BCUT2D eigenvalue weighted by Crippen LogP contribution is 2.21. The molecule has 29 heavy (non-hydrogen) atoms. The van der Waals surface area contributed by atoms with Crippen molar-refractivity contribution >= 4 is 28.0 Å². The fourth-order valence-electron chi connectivity index (χ4n) is 4.26. The van der Waals surface area contributed by atoms with Crippen LogP contribution < -0.4 is 4.90 Å². The van der Waals surface area contributed by atoms with Crippen molar-refractivity contribution in [2.45, 2.75) is 26.4 Å². The molecular formula is C22H25FN6. The molecule has 7 heteroatoms. The van der Waals surface area contributed by atoms with Crippen LogP contribution in [0.1, 0.15) is 19.2 Å². The van der Waals surface area contributed by atoms with E-state index in [1.54, 1.807) is 0 Å². The standard InChI is InChI=1S/C22H25FN6/c1-2-29-20-9-8-16(23)14-19(20)24-21(29)15-27-10-5-11-28(13-12-27)22-25-17-6-3-4-7-18(17)26-22/h3-4,6-9,14H,2,5,10-13,15H2,1H3,(H,25,26). The number of aryl methyl sites for hydroxylation is 1. The maximum atomic E-state index is 13.6. The lowest BCUT2D eigenvalue weighted by atomic mass is 10.3. The number of fused-ring (bicyclic) bond motifs is 2. The van der Waals surface area contributed by atoms with E-state index in [1.807, 2.05) is 24.3 Å². The summed E-state index contributed by atoms with van der Waals surface area (Å²) in [5, 5.41) is 0.